The summed E-state index contributed by atoms with van der Waals surface area (Å²) in [6.07, 6.45) is 0. The molecule has 8 heteroatoms. The first kappa shape index (κ1) is 15.5. The normalized spacial score (nSPS) is 10.5. The summed E-state index contributed by atoms with van der Waals surface area (Å²) in [5.74, 6) is -0.153. The fourth-order valence-corrected chi connectivity index (χ4v) is 3.54. The van der Waals surface area contributed by atoms with Crippen LogP contribution in [-0.2, 0) is 0 Å². The van der Waals surface area contributed by atoms with E-state index in [9.17, 15) is 14.7 Å². The van der Waals surface area contributed by atoms with Gasteiger partial charge in [0.15, 0.2) is 5.16 Å². The van der Waals surface area contributed by atoms with E-state index < -0.39 is 5.97 Å². The van der Waals surface area contributed by atoms with E-state index in [0.29, 0.717) is 9.79 Å². The third kappa shape index (κ3) is 3.79. The monoisotopic (exact) mass is 323 g/mol. The third-order valence-corrected chi connectivity index (χ3v) is 4.33. The van der Waals surface area contributed by atoms with Crippen LogP contribution in [0, 0.1) is 0 Å². The molecule has 0 saturated carbocycles. The van der Waals surface area contributed by atoms with Crippen molar-refractivity contribution in [2.75, 3.05) is 11.5 Å². The van der Waals surface area contributed by atoms with Crippen molar-refractivity contribution in [1.29, 1.82) is 0 Å². The average molecular weight is 323 g/mol. The molecule has 1 heterocycles. The SMILES string of the molecule is CCSc1cccc(Sc2nc(N)cc(=O)[nH]2)c1C(=O)O. The van der Waals surface area contributed by atoms with Crippen molar-refractivity contribution in [3.8, 4) is 0 Å². The van der Waals surface area contributed by atoms with Crippen LogP contribution in [0.4, 0.5) is 5.82 Å². The number of nitrogen functional groups attached to an aromatic ring is 1. The highest BCUT2D eigenvalue weighted by molar-refractivity contribution is 8.00. The van der Waals surface area contributed by atoms with Crippen LogP contribution >= 0.6 is 23.5 Å². The van der Waals surface area contributed by atoms with Gasteiger partial charge in [-0.15, -0.1) is 11.8 Å². The van der Waals surface area contributed by atoms with Crippen molar-refractivity contribution in [2.24, 2.45) is 0 Å². The standard InChI is InChI=1S/C13H13N3O3S2/c1-2-20-7-4-3-5-8(11(7)12(18)19)21-13-15-9(14)6-10(17)16-13/h3-6H,2H2,1H3,(H,18,19)(H3,14,15,16,17). The van der Waals surface area contributed by atoms with E-state index in [2.05, 4.69) is 9.97 Å². The lowest BCUT2D eigenvalue weighted by molar-refractivity contribution is 0.0689. The number of aromatic nitrogens is 2. The molecule has 1 aromatic carbocycles. The Morgan fingerprint density at radius 2 is 2.14 bits per heavy atom. The van der Waals surface area contributed by atoms with Crippen molar-refractivity contribution >= 4 is 35.3 Å². The van der Waals surface area contributed by atoms with E-state index in [0.717, 1.165) is 17.5 Å². The van der Waals surface area contributed by atoms with Crippen LogP contribution in [0.2, 0.25) is 0 Å². The van der Waals surface area contributed by atoms with E-state index >= 15 is 0 Å². The van der Waals surface area contributed by atoms with Crippen LogP contribution in [0.3, 0.4) is 0 Å². The van der Waals surface area contributed by atoms with Crippen LogP contribution in [0.15, 0.2) is 44.0 Å². The Labute approximate surface area is 129 Å². The molecule has 0 saturated heterocycles. The molecular formula is C13H13N3O3S2. The molecule has 4 N–H and O–H groups in total. The quantitative estimate of drug-likeness (QED) is 0.572. The van der Waals surface area contributed by atoms with Gasteiger partial charge in [-0.25, -0.2) is 9.78 Å². The molecule has 0 aliphatic rings. The smallest absolute Gasteiger partial charge is 0.337 e. The van der Waals surface area contributed by atoms with Gasteiger partial charge >= 0.3 is 5.97 Å². The number of aromatic amines is 1. The summed E-state index contributed by atoms with van der Waals surface area (Å²) in [5, 5.41) is 9.68. The zero-order chi connectivity index (χ0) is 15.4. The van der Waals surface area contributed by atoms with E-state index in [1.165, 1.54) is 17.8 Å². The van der Waals surface area contributed by atoms with Gasteiger partial charge in [-0.2, -0.15) is 0 Å². The number of benzene rings is 1. The fraction of sp³-hybridized carbons (Fsp3) is 0.154. The number of nitrogens with zero attached hydrogens (tertiary/aromatic N) is 1. The summed E-state index contributed by atoms with van der Waals surface area (Å²) in [4.78, 5) is 30.6. The van der Waals surface area contributed by atoms with Gasteiger partial charge < -0.3 is 15.8 Å². The van der Waals surface area contributed by atoms with Gasteiger partial charge in [0.25, 0.3) is 5.56 Å². The molecule has 21 heavy (non-hydrogen) atoms. The summed E-state index contributed by atoms with van der Waals surface area (Å²) >= 11 is 2.52. The number of hydrogen-bond donors (Lipinski definition) is 3. The second-order valence-corrected chi connectivity index (χ2v) is 6.28. The molecule has 6 nitrogen and oxygen atoms in total. The fourth-order valence-electron chi connectivity index (χ4n) is 1.69. The minimum atomic E-state index is -1.01. The van der Waals surface area contributed by atoms with Crippen LogP contribution in [0.1, 0.15) is 17.3 Å². The molecule has 0 bridgehead atoms. The maximum atomic E-state index is 11.5. The minimum absolute atomic E-state index is 0.0946. The van der Waals surface area contributed by atoms with E-state index in [4.69, 9.17) is 5.73 Å². The summed E-state index contributed by atoms with van der Waals surface area (Å²) in [7, 11) is 0. The Hall–Kier alpha value is -1.93. The molecule has 1 aromatic heterocycles. The minimum Gasteiger partial charge on any atom is -0.478 e. The van der Waals surface area contributed by atoms with Crippen molar-refractivity contribution < 1.29 is 9.90 Å². The molecule has 0 spiro atoms. The lowest BCUT2D eigenvalue weighted by Crippen LogP contribution is -2.09. The number of carboxylic acid groups (broad SMARTS) is 1. The largest absolute Gasteiger partial charge is 0.478 e. The summed E-state index contributed by atoms with van der Waals surface area (Å²) in [6.45, 7) is 1.95. The molecule has 0 aliphatic heterocycles. The Balaban J connectivity index is 2.46. The molecule has 0 unspecified atom stereocenters. The second kappa shape index (κ2) is 6.68. The number of aromatic carboxylic acids is 1. The van der Waals surface area contributed by atoms with Crippen LogP contribution in [0.5, 0.6) is 0 Å². The van der Waals surface area contributed by atoms with Gasteiger partial charge in [0.1, 0.15) is 5.82 Å². The Morgan fingerprint density at radius 1 is 1.43 bits per heavy atom. The topological polar surface area (TPSA) is 109 Å². The Kier molecular flexibility index (Phi) is 4.92. The number of H-pyrrole nitrogens is 1. The van der Waals surface area contributed by atoms with Crippen LogP contribution < -0.4 is 11.3 Å². The molecule has 0 aliphatic carbocycles. The highest BCUT2D eigenvalue weighted by Gasteiger charge is 2.17. The highest BCUT2D eigenvalue weighted by Crippen LogP contribution is 2.33. The van der Waals surface area contributed by atoms with Crippen molar-refractivity contribution in [2.45, 2.75) is 21.9 Å². The molecule has 2 rings (SSSR count). The number of thioether (sulfide) groups is 1. The molecule has 0 atom stereocenters. The number of nitrogens with two attached hydrogens (primary N) is 1. The van der Waals surface area contributed by atoms with Gasteiger partial charge in [0.05, 0.1) is 5.56 Å². The van der Waals surface area contributed by atoms with Gasteiger partial charge in [-0.3, -0.25) is 4.79 Å². The summed E-state index contributed by atoms with van der Waals surface area (Å²) < 4.78 is 0. The predicted molar refractivity (Wildman–Crippen MR) is 83.2 cm³/mol. The van der Waals surface area contributed by atoms with Gasteiger partial charge in [-0.05, 0) is 17.9 Å². The maximum Gasteiger partial charge on any atom is 0.337 e. The molecular weight excluding hydrogens is 310 g/mol. The summed E-state index contributed by atoms with van der Waals surface area (Å²) in [5.41, 5.74) is 5.36. The molecule has 110 valence electrons. The zero-order valence-electron chi connectivity index (χ0n) is 11.1. The first-order valence-corrected chi connectivity index (χ1v) is 7.85. The third-order valence-electron chi connectivity index (χ3n) is 2.45. The van der Waals surface area contributed by atoms with E-state index in [1.54, 1.807) is 18.2 Å². The van der Waals surface area contributed by atoms with Crippen LogP contribution in [0.25, 0.3) is 0 Å². The van der Waals surface area contributed by atoms with Crippen molar-refractivity contribution in [3.05, 3.63) is 40.2 Å². The van der Waals surface area contributed by atoms with Crippen LogP contribution in [-0.4, -0.2) is 26.8 Å². The zero-order valence-corrected chi connectivity index (χ0v) is 12.8. The lowest BCUT2D eigenvalue weighted by atomic mass is 10.2. The van der Waals surface area contributed by atoms with Gasteiger partial charge in [0.2, 0.25) is 0 Å². The average Bonchev–Trinajstić information content (AvgIpc) is 2.37. The molecule has 2 aromatic rings. The maximum absolute atomic E-state index is 11.5. The molecule has 0 amide bonds. The van der Waals surface area contributed by atoms with Gasteiger partial charge in [0, 0.05) is 15.9 Å². The predicted octanol–water partition coefficient (Wildman–Crippen LogP) is 2.31. The number of nitrogens with one attached hydrogen (secondary N) is 1. The number of anilines is 1. The second-order valence-electron chi connectivity index (χ2n) is 3.94. The Morgan fingerprint density at radius 3 is 2.76 bits per heavy atom. The molecule has 0 radical (unpaired) electrons. The van der Waals surface area contributed by atoms with E-state index in [1.807, 2.05) is 6.92 Å². The highest BCUT2D eigenvalue weighted by atomic mass is 32.2. The number of carbonyl (C=O) groups is 1. The van der Waals surface area contributed by atoms with Gasteiger partial charge in [-0.1, -0.05) is 24.8 Å². The summed E-state index contributed by atoms with van der Waals surface area (Å²) in [6, 6.07) is 6.39. The van der Waals surface area contributed by atoms with E-state index in [-0.39, 0.29) is 22.1 Å². The first-order chi connectivity index (χ1) is 10.0. The molecule has 0 fully saturated rings. The first-order valence-electron chi connectivity index (χ1n) is 6.05. The number of carboxylic acids is 1. The van der Waals surface area contributed by atoms with Crippen molar-refractivity contribution in [1.82, 2.24) is 9.97 Å². The number of hydrogen-bond acceptors (Lipinski definition) is 6. The number of rotatable bonds is 5. The van der Waals surface area contributed by atoms with Crippen molar-refractivity contribution in [3.63, 3.8) is 0 Å². The lowest BCUT2D eigenvalue weighted by Gasteiger charge is -2.09. The Bertz CT molecular complexity index is 731.